The fraction of sp³-hybridized carbons (Fsp3) is 0.611. The fourth-order valence-corrected chi connectivity index (χ4v) is 4.58. The molecule has 0 atom stereocenters. The first-order chi connectivity index (χ1) is 11.9. The third-order valence-electron chi connectivity index (χ3n) is 4.57. The molecule has 2 rings (SSSR count). The van der Waals surface area contributed by atoms with Crippen LogP contribution in [0.5, 0.6) is 0 Å². The van der Waals surface area contributed by atoms with Crippen LogP contribution in [0.1, 0.15) is 44.9 Å². The standard InChI is InChI=1S/C18H27BrN2O3S/c1-25(23,24)21(17-10-5-9-16(19)13-17)12-6-11-18(22)20-14-15-7-3-2-4-8-15/h5,9-10,13,15H,2-4,6-8,11-12,14H2,1H3,(H,20,22). The summed E-state index contributed by atoms with van der Waals surface area (Å²) in [5.41, 5.74) is 0.611. The van der Waals surface area contributed by atoms with Crippen molar-refractivity contribution < 1.29 is 13.2 Å². The smallest absolute Gasteiger partial charge is 0.232 e. The van der Waals surface area contributed by atoms with E-state index < -0.39 is 10.0 Å². The van der Waals surface area contributed by atoms with E-state index in [1.165, 1.54) is 42.7 Å². The van der Waals surface area contributed by atoms with Gasteiger partial charge in [0.2, 0.25) is 15.9 Å². The molecule has 0 spiro atoms. The molecule has 140 valence electrons. The quantitative estimate of drug-likeness (QED) is 0.683. The fourth-order valence-electron chi connectivity index (χ4n) is 3.24. The highest BCUT2D eigenvalue weighted by atomic mass is 79.9. The minimum absolute atomic E-state index is 0.00765. The number of carbonyl (C=O) groups is 1. The van der Waals surface area contributed by atoms with E-state index in [0.29, 0.717) is 31.0 Å². The van der Waals surface area contributed by atoms with Crippen LogP contribution in [0.25, 0.3) is 0 Å². The van der Waals surface area contributed by atoms with Gasteiger partial charge in [0.15, 0.2) is 0 Å². The number of hydrogen-bond donors (Lipinski definition) is 1. The third-order valence-corrected chi connectivity index (χ3v) is 6.26. The van der Waals surface area contributed by atoms with Crippen LogP contribution in [-0.2, 0) is 14.8 Å². The van der Waals surface area contributed by atoms with E-state index in [9.17, 15) is 13.2 Å². The molecular weight excluding hydrogens is 404 g/mol. The first-order valence-electron chi connectivity index (χ1n) is 8.86. The van der Waals surface area contributed by atoms with Gasteiger partial charge in [0.05, 0.1) is 11.9 Å². The maximum Gasteiger partial charge on any atom is 0.232 e. The van der Waals surface area contributed by atoms with Crippen LogP contribution in [0.2, 0.25) is 0 Å². The molecule has 5 nitrogen and oxygen atoms in total. The summed E-state index contributed by atoms with van der Waals surface area (Å²) >= 11 is 3.36. The van der Waals surface area contributed by atoms with Gasteiger partial charge in [-0.15, -0.1) is 0 Å². The van der Waals surface area contributed by atoms with Crippen molar-refractivity contribution >= 4 is 37.5 Å². The van der Waals surface area contributed by atoms with Crippen LogP contribution < -0.4 is 9.62 Å². The Hall–Kier alpha value is -1.08. The van der Waals surface area contributed by atoms with Gasteiger partial charge < -0.3 is 5.32 Å². The van der Waals surface area contributed by atoms with Gasteiger partial charge in [0.25, 0.3) is 0 Å². The molecule has 0 aliphatic heterocycles. The van der Waals surface area contributed by atoms with Gasteiger partial charge in [-0.25, -0.2) is 8.42 Å². The second-order valence-corrected chi connectivity index (χ2v) is 9.55. The molecule has 25 heavy (non-hydrogen) atoms. The highest BCUT2D eigenvalue weighted by molar-refractivity contribution is 9.10. The minimum atomic E-state index is -3.38. The molecule has 1 aromatic carbocycles. The van der Waals surface area contributed by atoms with Gasteiger partial charge in [-0.1, -0.05) is 41.3 Å². The van der Waals surface area contributed by atoms with E-state index >= 15 is 0 Å². The van der Waals surface area contributed by atoms with Crippen LogP contribution in [0.15, 0.2) is 28.7 Å². The Labute approximate surface area is 159 Å². The maximum atomic E-state index is 12.1. The molecule has 0 saturated heterocycles. The van der Waals surface area contributed by atoms with E-state index in [2.05, 4.69) is 21.2 Å². The van der Waals surface area contributed by atoms with E-state index in [-0.39, 0.29) is 5.91 Å². The van der Waals surface area contributed by atoms with E-state index in [1.807, 2.05) is 6.07 Å². The lowest BCUT2D eigenvalue weighted by Gasteiger charge is -2.23. The second kappa shape index (κ2) is 9.57. The number of carbonyl (C=O) groups excluding carboxylic acids is 1. The Morgan fingerprint density at radius 3 is 2.64 bits per heavy atom. The molecule has 1 aromatic rings. The Kier molecular flexibility index (Phi) is 7.75. The molecule has 1 aliphatic rings. The third kappa shape index (κ3) is 6.98. The topological polar surface area (TPSA) is 66.5 Å². The molecule has 1 saturated carbocycles. The number of rotatable bonds is 8. The predicted octanol–water partition coefficient (Wildman–Crippen LogP) is 3.69. The van der Waals surface area contributed by atoms with Crippen LogP contribution >= 0.6 is 15.9 Å². The number of nitrogens with one attached hydrogen (secondary N) is 1. The van der Waals surface area contributed by atoms with Gasteiger partial charge in [-0.3, -0.25) is 9.10 Å². The maximum absolute atomic E-state index is 12.1. The van der Waals surface area contributed by atoms with Gasteiger partial charge >= 0.3 is 0 Å². The monoisotopic (exact) mass is 430 g/mol. The van der Waals surface area contributed by atoms with Crippen LogP contribution in [0.3, 0.4) is 0 Å². The van der Waals surface area contributed by atoms with Crippen molar-refractivity contribution in [3.8, 4) is 0 Å². The highest BCUT2D eigenvalue weighted by Gasteiger charge is 2.18. The number of sulfonamides is 1. The first-order valence-corrected chi connectivity index (χ1v) is 11.5. The molecule has 0 bridgehead atoms. The molecule has 0 aromatic heterocycles. The number of amides is 1. The molecule has 0 unspecified atom stereocenters. The van der Waals surface area contributed by atoms with Gasteiger partial charge in [0.1, 0.15) is 0 Å². The Bertz CT molecular complexity index is 673. The Morgan fingerprint density at radius 2 is 2.00 bits per heavy atom. The normalized spacial score (nSPS) is 15.8. The summed E-state index contributed by atoms with van der Waals surface area (Å²) in [5, 5.41) is 3.00. The van der Waals surface area contributed by atoms with Crippen molar-refractivity contribution in [3.05, 3.63) is 28.7 Å². The first kappa shape index (κ1) is 20.2. The zero-order chi connectivity index (χ0) is 18.3. The lowest BCUT2D eigenvalue weighted by atomic mass is 9.89. The Balaban J connectivity index is 1.81. The summed E-state index contributed by atoms with van der Waals surface area (Å²) in [7, 11) is -3.38. The summed E-state index contributed by atoms with van der Waals surface area (Å²) in [6.45, 7) is 1.05. The van der Waals surface area contributed by atoms with E-state index in [0.717, 1.165) is 11.0 Å². The van der Waals surface area contributed by atoms with Gasteiger partial charge in [-0.05, 0) is 43.4 Å². The molecule has 0 heterocycles. The SMILES string of the molecule is CS(=O)(=O)N(CCCC(=O)NCC1CCCCC1)c1cccc(Br)c1. The van der Waals surface area contributed by atoms with Crippen LogP contribution in [0.4, 0.5) is 5.69 Å². The van der Waals surface area contributed by atoms with Crippen molar-refractivity contribution in [1.29, 1.82) is 0 Å². The van der Waals surface area contributed by atoms with Gasteiger partial charge in [-0.2, -0.15) is 0 Å². The highest BCUT2D eigenvalue weighted by Crippen LogP contribution is 2.23. The zero-order valence-electron chi connectivity index (χ0n) is 14.7. The molecule has 1 N–H and O–H groups in total. The molecule has 1 aliphatic carbocycles. The number of halogens is 1. The number of nitrogens with zero attached hydrogens (tertiary/aromatic N) is 1. The number of hydrogen-bond acceptors (Lipinski definition) is 3. The van der Waals surface area contributed by atoms with E-state index in [4.69, 9.17) is 0 Å². The van der Waals surface area contributed by atoms with Crippen molar-refractivity contribution in [1.82, 2.24) is 5.32 Å². The van der Waals surface area contributed by atoms with Gasteiger partial charge in [0, 0.05) is 24.0 Å². The molecule has 7 heteroatoms. The average Bonchev–Trinajstić information content (AvgIpc) is 2.56. The Morgan fingerprint density at radius 1 is 1.28 bits per heavy atom. The van der Waals surface area contributed by atoms with Crippen molar-refractivity contribution in [2.45, 2.75) is 44.9 Å². The summed E-state index contributed by atoms with van der Waals surface area (Å²) < 4.78 is 26.3. The largest absolute Gasteiger partial charge is 0.356 e. The summed E-state index contributed by atoms with van der Waals surface area (Å²) in [4.78, 5) is 12.0. The zero-order valence-corrected chi connectivity index (χ0v) is 17.1. The molecular formula is C18H27BrN2O3S. The molecule has 1 amide bonds. The summed E-state index contributed by atoms with van der Waals surface area (Å²) in [5.74, 6) is 0.611. The van der Waals surface area contributed by atoms with E-state index in [1.54, 1.807) is 18.2 Å². The second-order valence-electron chi connectivity index (χ2n) is 6.73. The average molecular weight is 431 g/mol. The van der Waals surface area contributed by atoms with Crippen molar-refractivity contribution in [3.63, 3.8) is 0 Å². The lowest BCUT2D eigenvalue weighted by molar-refractivity contribution is -0.121. The summed E-state index contributed by atoms with van der Waals surface area (Å²) in [6.07, 6.45) is 8.25. The van der Waals surface area contributed by atoms with Crippen molar-refractivity contribution in [2.24, 2.45) is 5.92 Å². The predicted molar refractivity (Wildman–Crippen MR) is 105 cm³/mol. The number of anilines is 1. The number of benzene rings is 1. The summed E-state index contributed by atoms with van der Waals surface area (Å²) in [6, 6.07) is 7.18. The van der Waals surface area contributed by atoms with Crippen LogP contribution in [0, 0.1) is 5.92 Å². The van der Waals surface area contributed by atoms with Crippen LogP contribution in [-0.4, -0.2) is 33.7 Å². The molecule has 1 fully saturated rings. The van der Waals surface area contributed by atoms with Crippen molar-refractivity contribution in [2.75, 3.05) is 23.7 Å². The minimum Gasteiger partial charge on any atom is -0.356 e. The lowest BCUT2D eigenvalue weighted by Crippen LogP contribution is -2.33. The molecule has 0 radical (unpaired) electrons.